The van der Waals surface area contributed by atoms with Gasteiger partial charge in [0.25, 0.3) is 0 Å². The predicted molar refractivity (Wildman–Crippen MR) is 78.0 cm³/mol. The monoisotopic (exact) mass is 279 g/mol. The average Bonchev–Trinajstić information content (AvgIpc) is 2.88. The number of aryl methyl sites for hydroxylation is 4. The van der Waals surface area contributed by atoms with Crippen molar-refractivity contribution in [2.24, 2.45) is 5.84 Å². The van der Waals surface area contributed by atoms with Gasteiger partial charge >= 0.3 is 0 Å². The molecule has 0 aliphatic heterocycles. The number of nitrogens with two attached hydrogens (primary N) is 1. The zero-order chi connectivity index (χ0) is 14.0. The van der Waals surface area contributed by atoms with Gasteiger partial charge in [0, 0.05) is 23.5 Å². The molecule has 0 spiro atoms. The van der Waals surface area contributed by atoms with Crippen molar-refractivity contribution >= 4 is 11.3 Å². The van der Waals surface area contributed by atoms with Crippen LogP contribution in [0.4, 0.5) is 0 Å². The zero-order valence-corrected chi connectivity index (χ0v) is 12.7. The predicted octanol–water partition coefficient (Wildman–Crippen LogP) is 2.03. The summed E-state index contributed by atoms with van der Waals surface area (Å²) in [6.45, 7) is 9.05. The van der Waals surface area contributed by atoms with Gasteiger partial charge in [-0.15, -0.1) is 11.3 Å². The van der Waals surface area contributed by atoms with E-state index in [4.69, 9.17) is 5.84 Å². The molecule has 0 amide bonds. The summed E-state index contributed by atoms with van der Waals surface area (Å²) in [7, 11) is 0. The lowest BCUT2D eigenvalue weighted by Gasteiger charge is -2.15. The van der Waals surface area contributed by atoms with Gasteiger partial charge in [0.15, 0.2) is 0 Å². The van der Waals surface area contributed by atoms with E-state index in [2.05, 4.69) is 28.5 Å². The molecule has 2 aromatic rings. The standard InChI is InChI=1S/C13H21N5S/c1-5-18-11(6-8(2)17-18)7-12(16-14)13-9(3)15-10(4)19-13/h6,12,16H,5,7,14H2,1-4H3. The third-order valence-electron chi connectivity index (χ3n) is 3.16. The minimum absolute atomic E-state index is 0.0904. The van der Waals surface area contributed by atoms with Crippen molar-refractivity contribution in [3.8, 4) is 0 Å². The Balaban J connectivity index is 2.26. The number of hydrogen-bond donors (Lipinski definition) is 2. The molecule has 5 nitrogen and oxygen atoms in total. The van der Waals surface area contributed by atoms with Crippen LogP contribution >= 0.6 is 11.3 Å². The van der Waals surface area contributed by atoms with Crippen LogP contribution in [0.3, 0.4) is 0 Å². The Labute approximate surface area is 117 Å². The van der Waals surface area contributed by atoms with E-state index >= 15 is 0 Å². The molecule has 19 heavy (non-hydrogen) atoms. The lowest BCUT2D eigenvalue weighted by Crippen LogP contribution is -2.30. The highest BCUT2D eigenvalue weighted by atomic mass is 32.1. The normalized spacial score (nSPS) is 12.9. The van der Waals surface area contributed by atoms with Crippen molar-refractivity contribution in [2.75, 3.05) is 0 Å². The molecule has 0 bridgehead atoms. The summed E-state index contributed by atoms with van der Waals surface area (Å²) in [6.07, 6.45) is 0.827. The van der Waals surface area contributed by atoms with Crippen LogP contribution < -0.4 is 11.3 Å². The van der Waals surface area contributed by atoms with E-state index in [-0.39, 0.29) is 6.04 Å². The first-order valence-corrected chi connectivity index (χ1v) is 7.30. The first-order chi connectivity index (χ1) is 9.05. The van der Waals surface area contributed by atoms with Gasteiger partial charge in [0.1, 0.15) is 0 Å². The average molecular weight is 279 g/mol. The second-order valence-electron chi connectivity index (χ2n) is 4.70. The molecule has 0 saturated carbocycles. The molecule has 1 unspecified atom stereocenters. The van der Waals surface area contributed by atoms with Gasteiger partial charge in [-0.2, -0.15) is 5.10 Å². The van der Waals surface area contributed by atoms with Crippen LogP contribution in [0.2, 0.25) is 0 Å². The SMILES string of the molecule is CCn1nc(C)cc1CC(NN)c1sc(C)nc1C. The van der Waals surface area contributed by atoms with Crippen LogP contribution in [-0.2, 0) is 13.0 Å². The number of thiazole rings is 1. The maximum atomic E-state index is 5.73. The summed E-state index contributed by atoms with van der Waals surface area (Å²) in [5.74, 6) is 5.73. The fourth-order valence-corrected chi connectivity index (χ4v) is 3.33. The number of hydrazine groups is 1. The molecule has 104 valence electrons. The van der Waals surface area contributed by atoms with Crippen LogP contribution in [0.25, 0.3) is 0 Å². The van der Waals surface area contributed by atoms with Crippen molar-refractivity contribution < 1.29 is 0 Å². The molecule has 2 heterocycles. The van der Waals surface area contributed by atoms with E-state index in [0.717, 1.165) is 29.4 Å². The largest absolute Gasteiger partial charge is 0.271 e. The molecule has 6 heteroatoms. The molecule has 0 aromatic carbocycles. The molecule has 3 N–H and O–H groups in total. The number of nitrogens with one attached hydrogen (secondary N) is 1. The molecule has 2 aromatic heterocycles. The Morgan fingerprint density at radius 1 is 1.42 bits per heavy atom. The smallest absolute Gasteiger partial charge is 0.0900 e. The van der Waals surface area contributed by atoms with Crippen LogP contribution in [0.5, 0.6) is 0 Å². The lowest BCUT2D eigenvalue weighted by atomic mass is 10.1. The molecular formula is C13H21N5S. The molecule has 0 radical (unpaired) electrons. The number of rotatable bonds is 5. The van der Waals surface area contributed by atoms with Gasteiger partial charge in [-0.3, -0.25) is 16.0 Å². The minimum atomic E-state index is 0.0904. The minimum Gasteiger partial charge on any atom is -0.271 e. The van der Waals surface area contributed by atoms with Gasteiger partial charge in [-0.25, -0.2) is 4.98 Å². The quantitative estimate of drug-likeness (QED) is 0.649. The Kier molecular flexibility index (Phi) is 4.34. The molecule has 0 aliphatic carbocycles. The fourth-order valence-electron chi connectivity index (χ4n) is 2.34. The Morgan fingerprint density at radius 3 is 2.68 bits per heavy atom. The highest BCUT2D eigenvalue weighted by Crippen LogP contribution is 2.27. The summed E-state index contributed by atoms with van der Waals surface area (Å²) in [4.78, 5) is 5.68. The van der Waals surface area contributed by atoms with E-state index in [9.17, 15) is 0 Å². The maximum Gasteiger partial charge on any atom is 0.0900 e. The molecule has 0 fully saturated rings. The second-order valence-corrected chi connectivity index (χ2v) is 5.93. The summed E-state index contributed by atoms with van der Waals surface area (Å²) < 4.78 is 2.03. The second kappa shape index (κ2) is 5.81. The van der Waals surface area contributed by atoms with Crippen LogP contribution in [0, 0.1) is 20.8 Å². The molecule has 1 atom stereocenters. The van der Waals surface area contributed by atoms with E-state index in [1.54, 1.807) is 11.3 Å². The van der Waals surface area contributed by atoms with Crippen molar-refractivity contribution in [3.63, 3.8) is 0 Å². The number of hydrogen-bond acceptors (Lipinski definition) is 5. The Morgan fingerprint density at radius 2 is 2.16 bits per heavy atom. The van der Waals surface area contributed by atoms with Crippen LogP contribution in [-0.4, -0.2) is 14.8 Å². The zero-order valence-electron chi connectivity index (χ0n) is 11.9. The first kappa shape index (κ1) is 14.2. The third kappa shape index (κ3) is 3.02. The van der Waals surface area contributed by atoms with Gasteiger partial charge in [0.2, 0.25) is 0 Å². The highest BCUT2D eigenvalue weighted by Gasteiger charge is 2.19. The summed E-state index contributed by atoms with van der Waals surface area (Å²) in [5.41, 5.74) is 6.22. The topological polar surface area (TPSA) is 68.8 Å². The van der Waals surface area contributed by atoms with Gasteiger partial charge < -0.3 is 0 Å². The van der Waals surface area contributed by atoms with Gasteiger partial charge in [0.05, 0.1) is 22.4 Å². The van der Waals surface area contributed by atoms with Crippen molar-refractivity contribution in [3.05, 3.63) is 33.0 Å². The molecule has 0 saturated heterocycles. The Hall–Kier alpha value is -1.24. The first-order valence-electron chi connectivity index (χ1n) is 6.48. The summed E-state index contributed by atoms with van der Waals surface area (Å²) >= 11 is 1.70. The third-order valence-corrected chi connectivity index (χ3v) is 4.34. The van der Waals surface area contributed by atoms with E-state index in [1.807, 2.05) is 25.5 Å². The van der Waals surface area contributed by atoms with Gasteiger partial charge in [-0.1, -0.05) is 0 Å². The molecular weight excluding hydrogens is 258 g/mol. The van der Waals surface area contributed by atoms with E-state index in [1.165, 1.54) is 10.6 Å². The van der Waals surface area contributed by atoms with Crippen LogP contribution in [0.15, 0.2) is 6.07 Å². The van der Waals surface area contributed by atoms with Crippen molar-refractivity contribution in [1.82, 2.24) is 20.2 Å². The van der Waals surface area contributed by atoms with Crippen molar-refractivity contribution in [2.45, 2.75) is 46.7 Å². The highest BCUT2D eigenvalue weighted by molar-refractivity contribution is 7.11. The number of nitrogens with zero attached hydrogens (tertiary/aromatic N) is 3. The van der Waals surface area contributed by atoms with Crippen molar-refractivity contribution in [1.29, 1.82) is 0 Å². The van der Waals surface area contributed by atoms with E-state index in [0.29, 0.717) is 0 Å². The summed E-state index contributed by atoms with van der Waals surface area (Å²) in [6, 6.07) is 2.21. The molecule has 2 rings (SSSR count). The Bertz CT molecular complexity index is 557. The lowest BCUT2D eigenvalue weighted by molar-refractivity contribution is 0.520. The summed E-state index contributed by atoms with van der Waals surface area (Å²) in [5, 5.41) is 5.55. The van der Waals surface area contributed by atoms with Crippen LogP contribution in [0.1, 0.15) is 39.9 Å². The fraction of sp³-hybridized carbons (Fsp3) is 0.538. The van der Waals surface area contributed by atoms with E-state index < -0.39 is 0 Å². The maximum absolute atomic E-state index is 5.73. The van der Waals surface area contributed by atoms with Gasteiger partial charge in [-0.05, 0) is 33.8 Å². The number of aromatic nitrogens is 3. The molecule has 0 aliphatic rings.